The van der Waals surface area contributed by atoms with Crippen LogP contribution in [0, 0.1) is 6.92 Å². The summed E-state index contributed by atoms with van der Waals surface area (Å²) in [6, 6.07) is 8.64. The Bertz CT molecular complexity index is 271. The second-order valence-electron chi connectivity index (χ2n) is 3.39. The van der Waals surface area contributed by atoms with Crippen LogP contribution in [0.15, 0.2) is 36.4 Å². The summed E-state index contributed by atoms with van der Waals surface area (Å²) in [7, 11) is 0. The lowest BCUT2D eigenvalue weighted by Gasteiger charge is -2.03. The van der Waals surface area contributed by atoms with Crippen LogP contribution < -0.4 is 0 Å². The van der Waals surface area contributed by atoms with Gasteiger partial charge in [-0.05, 0) is 44.2 Å². The van der Waals surface area contributed by atoms with Gasteiger partial charge in [0.05, 0.1) is 0 Å². The minimum Gasteiger partial charge on any atom is -0.0917 e. The highest BCUT2D eigenvalue weighted by molar-refractivity contribution is 5.25. The molecule has 0 aromatic heterocycles. The van der Waals surface area contributed by atoms with Gasteiger partial charge in [-0.1, -0.05) is 36.4 Å². The molecule has 1 aromatic rings. The van der Waals surface area contributed by atoms with Crippen molar-refractivity contribution in [3.05, 3.63) is 47.5 Å². The molecule has 0 radical (unpaired) electrons. The predicted molar refractivity (Wildman–Crippen MR) is 58.9 cm³/mol. The first-order valence-corrected chi connectivity index (χ1v) is 5.00. The van der Waals surface area contributed by atoms with Crippen LogP contribution >= 0.6 is 0 Å². The molecule has 0 unspecified atom stereocenters. The lowest BCUT2D eigenvalue weighted by Crippen LogP contribution is -1.88. The van der Waals surface area contributed by atoms with E-state index in [4.69, 9.17) is 0 Å². The molecule has 0 aliphatic rings. The third kappa shape index (κ3) is 3.45. The second-order valence-corrected chi connectivity index (χ2v) is 3.39. The van der Waals surface area contributed by atoms with Gasteiger partial charge < -0.3 is 0 Å². The largest absolute Gasteiger partial charge is 0.0917 e. The van der Waals surface area contributed by atoms with Gasteiger partial charge in [-0.25, -0.2) is 0 Å². The number of rotatable bonds is 4. The maximum absolute atomic E-state index is 2.23. The molecule has 70 valence electrons. The number of aryl methyl sites for hydroxylation is 2. The number of hydrogen-bond donors (Lipinski definition) is 0. The van der Waals surface area contributed by atoms with E-state index in [9.17, 15) is 0 Å². The van der Waals surface area contributed by atoms with Gasteiger partial charge in [0.25, 0.3) is 0 Å². The molecule has 0 amide bonds. The summed E-state index contributed by atoms with van der Waals surface area (Å²) in [5.74, 6) is 0. The number of allylic oxidation sites excluding steroid dienone is 2. The average Bonchev–Trinajstić information content (AvgIpc) is 2.15. The van der Waals surface area contributed by atoms with Crippen LogP contribution in [0.25, 0.3) is 0 Å². The SMILES string of the molecule is CC=CCCCc1ccccc1C. The van der Waals surface area contributed by atoms with Crippen molar-refractivity contribution in [1.29, 1.82) is 0 Å². The van der Waals surface area contributed by atoms with Gasteiger partial charge in [0.2, 0.25) is 0 Å². The summed E-state index contributed by atoms with van der Waals surface area (Å²) in [5, 5.41) is 0. The maximum Gasteiger partial charge on any atom is -0.0273 e. The van der Waals surface area contributed by atoms with E-state index in [0.717, 1.165) is 0 Å². The van der Waals surface area contributed by atoms with Crippen molar-refractivity contribution in [2.45, 2.75) is 33.1 Å². The van der Waals surface area contributed by atoms with E-state index in [0.29, 0.717) is 0 Å². The van der Waals surface area contributed by atoms with Gasteiger partial charge in [0, 0.05) is 0 Å². The number of unbranched alkanes of at least 4 members (excludes halogenated alkanes) is 1. The molecule has 13 heavy (non-hydrogen) atoms. The topological polar surface area (TPSA) is 0 Å². The summed E-state index contributed by atoms with van der Waals surface area (Å²) in [6.45, 7) is 4.26. The van der Waals surface area contributed by atoms with Gasteiger partial charge in [-0.15, -0.1) is 0 Å². The molecule has 0 N–H and O–H groups in total. The van der Waals surface area contributed by atoms with Crippen LogP contribution in [0.3, 0.4) is 0 Å². The highest BCUT2D eigenvalue weighted by Crippen LogP contribution is 2.10. The summed E-state index contributed by atoms with van der Waals surface area (Å²) >= 11 is 0. The van der Waals surface area contributed by atoms with Gasteiger partial charge in [0.15, 0.2) is 0 Å². The molecule has 0 heterocycles. The van der Waals surface area contributed by atoms with Gasteiger partial charge in [0.1, 0.15) is 0 Å². The fourth-order valence-electron chi connectivity index (χ4n) is 1.47. The molecule has 0 bridgehead atoms. The van der Waals surface area contributed by atoms with E-state index in [1.165, 1.54) is 30.4 Å². The Morgan fingerprint density at radius 1 is 1.23 bits per heavy atom. The maximum atomic E-state index is 2.23. The second kappa shape index (κ2) is 5.58. The normalized spacial score (nSPS) is 10.9. The predicted octanol–water partition coefficient (Wildman–Crippen LogP) is 3.89. The Morgan fingerprint density at radius 2 is 2.00 bits per heavy atom. The smallest absolute Gasteiger partial charge is 0.0273 e. The van der Waals surface area contributed by atoms with Crippen LogP contribution in [0.4, 0.5) is 0 Å². The van der Waals surface area contributed by atoms with Crippen molar-refractivity contribution in [1.82, 2.24) is 0 Å². The molecule has 0 atom stereocenters. The summed E-state index contributed by atoms with van der Waals surface area (Å²) in [5.41, 5.74) is 2.91. The summed E-state index contributed by atoms with van der Waals surface area (Å²) in [4.78, 5) is 0. The first-order valence-electron chi connectivity index (χ1n) is 5.00. The molecule has 0 spiro atoms. The van der Waals surface area contributed by atoms with Crippen LogP contribution in [0.5, 0.6) is 0 Å². The van der Waals surface area contributed by atoms with Crippen LogP contribution in [-0.4, -0.2) is 0 Å². The summed E-state index contributed by atoms with van der Waals surface area (Å²) in [6.07, 6.45) is 8.02. The Hall–Kier alpha value is -1.04. The lowest BCUT2D eigenvalue weighted by molar-refractivity contribution is 0.837. The van der Waals surface area contributed by atoms with E-state index in [1.54, 1.807) is 0 Å². The Morgan fingerprint density at radius 3 is 2.69 bits per heavy atom. The number of benzene rings is 1. The van der Waals surface area contributed by atoms with Crippen molar-refractivity contribution in [3.63, 3.8) is 0 Å². The van der Waals surface area contributed by atoms with Gasteiger partial charge in [-0.2, -0.15) is 0 Å². The zero-order valence-electron chi connectivity index (χ0n) is 8.59. The third-order valence-electron chi connectivity index (χ3n) is 2.31. The van der Waals surface area contributed by atoms with Crippen molar-refractivity contribution in [2.75, 3.05) is 0 Å². The van der Waals surface area contributed by atoms with Crippen molar-refractivity contribution < 1.29 is 0 Å². The molecule has 0 aliphatic heterocycles. The monoisotopic (exact) mass is 174 g/mol. The highest BCUT2D eigenvalue weighted by Gasteiger charge is 1.94. The molecular formula is C13H18. The van der Waals surface area contributed by atoms with E-state index < -0.39 is 0 Å². The van der Waals surface area contributed by atoms with Gasteiger partial charge in [-0.3, -0.25) is 0 Å². The number of hydrogen-bond acceptors (Lipinski definition) is 0. The molecular weight excluding hydrogens is 156 g/mol. The van der Waals surface area contributed by atoms with Crippen molar-refractivity contribution >= 4 is 0 Å². The first-order chi connectivity index (χ1) is 6.34. The Labute approximate surface area is 81.3 Å². The van der Waals surface area contributed by atoms with Crippen molar-refractivity contribution in [3.8, 4) is 0 Å². The van der Waals surface area contributed by atoms with Crippen LogP contribution in [-0.2, 0) is 6.42 Å². The standard InChI is InChI=1S/C13H18/c1-3-4-5-6-10-13-11-8-7-9-12(13)2/h3-4,7-9,11H,5-6,10H2,1-2H3. The molecule has 0 nitrogen and oxygen atoms in total. The fourth-order valence-corrected chi connectivity index (χ4v) is 1.47. The highest BCUT2D eigenvalue weighted by atomic mass is 14.0. The third-order valence-corrected chi connectivity index (χ3v) is 2.31. The molecule has 1 rings (SSSR count). The average molecular weight is 174 g/mol. The first kappa shape index (κ1) is 10.0. The molecule has 0 fully saturated rings. The molecule has 1 aromatic carbocycles. The zero-order chi connectivity index (χ0) is 9.52. The van der Waals surface area contributed by atoms with E-state index in [2.05, 4.69) is 50.3 Å². The summed E-state index contributed by atoms with van der Waals surface area (Å²) < 4.78 is 0. The van der Waals surface area contributed by atoms with E-state index >= 15 is 0 Å². The minimum atomic E-state index is 1.20. The van der Waals surface area contributed by atoms with Gasteiger partial charge >= 0.3 is 0 Å². The quantitative estimate of drug-likeness (QED) is 0.480. The molecule has 0 aliphatic carbocycles. The lowest BCUT2D eigenvalue weighted by atomic mass is 10.0. The van der Waals surface area contributed by atoms with E-state index in [-0.39, 0.29) is 0 Å². The van der Waals surface area contributed by atoms with Crippen molar-refractivity contribution in [2.24, 2.45) is 0 Å². The van der Waals surface area contributed by atoms with E-state index in [1.807, 2.05) is 0 Å². The Kier molecular flexibility index (Phi) is 4.31. The van der Waals surface area contributed by atoms with Crippen LogP contribution in [0.2, 0.25) is 0 Å². The fraction of sp³-hybridized carbons (Fsp3) is 0.385. The Balaban J connectivity index is 2.41. The molecule has 0 saturated carbocycles. The molecule has 0 heteroatoms. The zero-order valence-corrected chi connectivity index (χ0v) is 8.59. The minimum absolute atomic E-state index is 1.20. The van der Waals surface area contributed by atoms with Crippen LogP contribution in [0.1, 0.15) is 30.9 Å². The molecule has 0 saturated heterocycles.